The van der Waals surface area contributed by atoms with Crippen LogP contribution in [-0.4, -0.2) is 26.0 Å². The molecule has 0 saturated carbocycles. The van der Waals surface area contributed by atoms with Crippen LogP contribution in [0.2, 0.25) is 0 Å². The first-order valence-electron chi connectivity index (χ1n) is 12.0. The van der Waals surface area contributed by atoms with E-state index < -0.39 is 21.8 Å². The molecule has 2 amide bonds. The number of carbonyl (C=O) groups is 2. The van der Waals surface area contributed by atoms with Crippen molar-refractivity contribution in [2.75, 3.05) is 5.75 Å². The molecule has 9 heteroatoms. The van der Waals surface area contributed by atoms with Gasteiger partial charge in [0.25, 0.3) is 5.91 Å². The second-order valence-electron chi connectivity index (χ2n) is 8.45. The Morgan fingerprint density at radius 2 is 1.35 bits per heavy atom. The molecule has 3 aromatic rings. The molecule has 0 aliphatic rings. The van der Waals surface area contributed by atoms with Crippen LogP contribution < -0.4 is 34.3 Å². The fourth-order valence-electron chi connectivity index (χ4n) is 3.50. The topological polar surface area (TPSA) is 94.4 Å². The molecule has 0 aromatic heterocycles. The fraction of sp³-hybridized carbons (Fsp3) is 0.286. The third kappa shape index (κ3) is 11.0. The van der Waals surface area contributed by atoms with Gasteiger partial charge in [0.15, 0.2) is 0 Å². The van der Waals surface area contributed by atoms with Crippen molar-refractivity contribution in [3.63, 3.8) is 0 Å². The van der Waals surface area contributed by atoms with Gasteiger partial charge in [0.1, 0.15) is 5.91 Å². The molecule has 190 valence electrons. The molecule has 0 aliphatic carbocycles. The molecule has 1 N–H and O–H groups in total. The van der Waals surface area contributed by atoms with Crippen LogP contribution in [0.1, 0.15) is 43.7 Å². The maximum atomic E-state index is 12.0. The van der Waals surface area contributed by atoms with E-state index in [-0.39, 0.29) is 35.3 Å². The maximum Gasteiger partial charge on any atom is 1.00 e. The maximum absolute atomic E-state index is 12.0. The second kappa shape index (κ2) is 16.0. The van der Waals surface area contributed by atoms with Crippen molar-refractivity contribution >= 4 is 39.3 Å². The summed E-state index contributed by atoms with van der Waals surface area (Å²) in [5, 5.41) is 3.73. The van der Waals surface area contributed by atoms with Crippen molar-refractivity contribution in [1.82, 2.24) is 4.72 Å². The summed E-state index contributed by atoms with van der Waals surface area (Å²) < 4.78 is 25.7. The first-order valence-corrected chi connectivity index (χ1v) is 14.8. The summed E-state index contributed by atoms with van der Waals surface area (Å²) in [7, 11) is -3.84. The Morgan fingerprint density at radius 3 is 1.95 bits per heavy atom. The van der Waals surface area contributed by atoms with E-state index in [9.17, 15) is 18.0 Å². The minimum atomic E-state index is -3.84. The van der Waals surface area contributed by atoms with Gasteiger partial charge in [0.05, 0.1) is 5.75 Å². The molecule has 6 nitrogen and oxygen atoms in total. The molecular formula is C28H31N2NaO4S2. The van der Waals surface area contributed by atoms with Gasteiger partial charge in [-0.05, 0) is 28.7 Å². The number of benzene rings is 3. The largest absolute Gasteiger partial charge is 1.00 e. The summed E-state index contributed by atoms with van der Waals surface area (Å²) in [5.41, 5.74) is 4.99. The van der Waals surface area contributed by atoms with Gasteiger partial charge in [-0.15, -0.1) is 5.69 Å². The standard InChI is InChI=1S/C28H32N2O4S2.Na/c1-2-3-4-8-19-36(33,34)30-28(32)27(31)29-26-17-13-23(14-18-26)21-35-20-22-11-15-25(16-12-22)24-9-6-5-7-10-24;/h5-7,9-18H,2-4,8,19-21H2,1H3,(H2,29,30,31,32);/q;+1/p-1. The summed E-state index contributed by atoms with van der Waals surface area (Å²) in [6, 6.07) is 25.8. The zero-order chi connectivity index (χ0) is 25.8. The number of unbranched alkanes of at least 4 members (excludes halogenated alkanes) is 3. The molecule has 3 aromatic carbocycles. The van der Waals surface area contributed by atoms with E-state index in [1.165, 1.54) is 16.7 Å². The number of rotatable bonds is 12. The van der Waals surface area contributed by atoms with Gasteiger partial charge in [-0.3, -0.25) is 4.79 Å². The summed E-state index contributed by atoms with van der Waals surface area (Å²) in [5.74, 6) is -0.898. The molecule has 0 radical (unpaired) electrons. The Labute approximate surface area is 246 Å². The van der Waals surface area contributed by atoms with Crippen molar-refractivity contribution in [2.24, 2.45) is 0 Å². The van der Waals surface area contributed by atoms with E-state index >= 15 is 0 Å². The van der Waals surface area contributed by atoms with Gasteiger partial charge in [0.2, 0.25) is 10.0 Å². The predicted molar refractivity (Wildman–Crippen MR) is 147 cm³/mol. The molecule has 3 rings (SSSR count). The fourth-order valence-corrected chi connectivity index (χ4v) is 5.51. The summed E-state index contributed by atoms with van der Waals surface area (Å²) >= 11 is 1.77. The number of hydrogen-bond acceptors (Lipinski definition) is 5. The van der Waals surface area contributed by atoms with Crippen molar-refractivity contribution in [1.29, 1.82) is 0 Å². The van der Waals surface area contributed by atoms with Gasteiger partial charge in [-0.25, -0.2) is 13.1 Å². The molecule has 0 spiro atoms. The van der Waals surface area contributed by atoms with Crippen molar-refractivity contribution < 1.29 is 47.6 Å². The van der Waals surface area contributed by atoms with Gasteiger partial charge in [-0.2, -0.15) is 11.8 Å². The zero-order valence-corrected chi connectivity index (χ0v) is 25.0. The number of sulfonamides is 1. The zero-order valence-electron chi connectivity index (χ0n) is 21.4. The molecule has 37 heavy (non-hydrogen) atoms. The third-order valence-electron chi connectivity index (χ3n) is 5.47. The second-order valence-corrected chi connectivity index (χ2v) is 11.3. The van der Waals surface area contributed by atoms with Crippen molar-refractivity contribution in [3.8, 4) is 11.1 Å². The molecule has 0 bridgehead atoms. The summed E-state index contributed by atoms with van der Waals surface area (Å²) in [6.07, 6.45) is 3.10. The summed E-state index contributed by atoms with van der Waals surface area (Å²) in [4.78, 5) is 24.0. The van der Waals surface area contributed by atoms with Gasteiger partial charge >= 0.3 is 29.6 Å². The smallest absolute Gasteiger partial charge is 0.618 e. The molecule has 0 heterocycles. The number of nitrogens with zero attached hydrogens (tertiary/aromatic N) is 1. The van der Waals surface area contributed by atoms with Crippen LogP contribution in [0.4, 0.5) is 5.69 Å². The minimum absolute atomic E-state index is 0. The van der Waals surface area contributed by atoms with Gasteiger partial charge in [-0.1, -0.05) is 105 Å². The van der Waals surface area contributed by atoms with Crippen molar-refractivity contribution in [2.45, 2.75) is 44.1 Å². The van der Waals surface area contributed by atoms with E-state index in [0.29, 0.717) is 12.1 Å². The number of thioether (sulfide) groups is 1. The molecule has 0 unspecified atom stereocenters. The SMILES string of the molecule is CCCCCCS(=O)(=O)NC(=O)C(=O)[N-]c1ccc(CSCc2ccc(-c3ccccc3)cc2)cc1.[Na+]. The first kappa shape index (κ1) is 31.1. The van der Waals surface area contributed by atoms with Crippen LogP contribution in [-0.2, 0) is 31.1 Å². The van der Waals surface area contributed by atoms with E-state index in [1.807, 2.05) is 42.0 Å². The van der Waals surface area contributed by atoms with Crippen molar-refractivity contribution in [3.05, 3.63) is 95.3 Å². The normalized spacial score (nSPS) is 10.8. The molecular weight excluding hydrogens is 515 g/mol. The number of hydrogen-bond donors (Lipinski definition) is 1. The Morgan fingerprint density at radius 1 is 0.784 bits per heavy atom. The van der Waals surface area contributed by atoms with E-state index in [1.54, 1.807) is 23.9 Å². The Bertz CT molecular complexity index is 1230. The third-order valence-corrected chi connectivity index (χ3v) is 7.87. The Hall–Kier alpha value is -2.10. The predicted octanol–water partition coefficient (Wildman–Crippen LogP) is 3.35. The number of amides is 2. The number of carbonyl (C=O) groups excluding carboxylic acids is 2. The van der Waals surface area contributed by atoms with Crippen LogP contribution in [0.5, 0.6) is 0 Å². The molecule has 0 saturated heterocycles. The van der Waals surface area contributed by atoms with Crippen LogP contribution in [0.3, 0.4) is 0 Å². The average molecular weight is 547 g/mol. The van der Waals surface area contributed by atoms with Crippen LogP contribution in [0.15, 0.2) is 78.9 Å². The van der Waals surface area contributed by atoms with Crippen LogP contribution in [0, 0.1) is 0 Å². The van der Waals surface area contributed by atoms with Crippen LogP contribution in [0.25, 0.3) is 16.4 Å². The van der Waals surface area contributed by atoms with E-state index in [4.69, 9.17) is 0 Å². The van der Waals surface area contributed by atoms with Gasteiger partial charge < -0.3 is 10.1 Å². The first-order chi connectivity index (χ1) is 17.4. The Balaban J connectivity index is 0.00000481. The quantitative estimate of drug-likeness (QED) is 0.214. The summed E-state index contributed by atoms with van der Waals surface area (Å²) in [6.45, 7) is 2.02. The molecule has 0 fully saturated rings. The Kier molecular flexibility index (Phi) is 13.5. The monoisotopic (exact) mass is 546 g/mol. The minimum Gasteiger partial charge on any atom is -0.618 e. The average Bonchev–Trinajstić information content (AvgIpc) is 2.88. The number of nitrogens with one attached hydrogen (secondary N) is 1. The molecule has 0 atom stereocenters. The van der Waals surface area contributed by atoms with E-state index in [2.05, 4.69) is 41.7 Å². The molecule has 0 aliphatic heterocycles. The van der Waals surface area contributed by atoms with Gasteiger partial charge in [0, 0.05) is 11.5 Å². The van der Waals surface area contributed by atoms with E-state index in [0.717, 1.165) is 36.3 Å². The van der Waals surface area contributed by atoms with Crippen LogP contribution >= 0.6 is 11.8 Å².